The molecule has 2 aromatic carbocycles. The number of nitrogens with zero attached hydrogens (tertiary/aromatic N) is 2. The van der Waals surface area contributed by atoms with Crippen LogP contribution in [0.25, 0.3) is 0 Å². The zero-order valence-corrected chi connectivity index (χ0v) is 15.0. The first-order chi connectivity index (χ1) is 12.8. The number of nitrogens with one attached hydrogen (secondary N) is 2. The molecular weight excluding hydrogens is 371 g/mol. The fraction of sp³-hybridized carbons (Fsp3) is 0.0556. The van der Waals surface area contributed by atoms with E-state index < -0.39 is 21.7 Å². The van der Waals surface area contributed by atoms with Gasteiger partial charge in [0.25, 0.3) is 15.9 Å². The van der Waals surface area contributed by atoms with Crippen molar-refractivity contribution in [2.75, 3.05) is 10.0 Å². The van der Waals surface area contributed by atoms with E-state index in [1.54, 1.807) is 12.1 Å². The Kier molecular flexibility index (Phi) is 5.13. The summed E-state index contributed by atoms with van der Waals surface area (Å²) in [5, 5.41) is 2.50. The molecule has 0 unspecified atom stereocenters. The van der Waals surface area contributed by atoms with Crippen LogP contribution in [0.1, 0.15) is 15.9 Å². The molecule has 1 amide bonds. The van der Waals surface area contributed by atoms with E-state index in [0.29, 0.717) is 0 Å². The van der Waals surface area contributed by atoms with E-state index >= 15 is 0 Å². The number of carbonyl (C=O) groups excluding carboxylic acids is 1. The molecule has 7 nitrogen and oxygen atoms in total. The van der Waals surface area contributed by atoms with Crippen molar-refractivity contribution in [1.29, 1.82) is 0 Å². The van der Waals surface area contributed by atoms with Gasteiger partial charge in [-0.2, -0.15) is 0 Å². The molecule has 0 aliphatic carbocycles. The van der Waals surface area contributed by atoms with Crippen LogP contribution in [0, 0.1) is 12.7 Å². The SMILES string of the molecule is Cc1ccc(S(=O)(=O)Nc2ncc(C(=O)Nc3cccc(F)c3)cn2)cc1. The lowest BCUT2D eigenvalue weighted by atomic mass is 10.2. The highest BCUT2D eigenvalue weighted by Gasteiger charge is 2.16. The maximum atomic E-state index is 13.2. The molecule has 0 saturated heterocycles. The smallest absolute Gasteiger partial charge is 0.264 e. The number of hydrogen-bond donors (Lipinski definition) is 2. The molecule has 0 fully saturated rings. The first kappa shape index (κ1) is 18.5. The van der Waals surface area contributed by atoms with Gasteiger partial charge in [-0.3, -0.25) is 4.79 Å². The maximum absolute atomic E-state index is 13.2. The van der Waals surface area contributed by atoms with E-state index in [4.69, 9.17) is 0 Å². The summed E-state index contributed by atoms with van der Waals surface area (Å²) >= 11 is 0. The zero-order valence-electron chi connectivity index (χ0n) is 14.2. The Morgan fingerprint density at radius 3 is 2.33 bits per heavy atom. The number of aryl methyl sites for hydroxylation is 1. The summed E-state index contributed by atoms with van der Waals surface area (Å²) in [6, 6.07) is 11.7. The Morgan fingerprint density at radius 2 is 1.70 bits per heavy atom. The van der Waals surface area contributed by atoms with Gasteiger partial charge in [-0.1, -0.05) is 23.8 Å². The molecule has 1 heterocycles. The number of anilines is 2. The van der Waals surface area contributed by atoms with Crippen molar-refractivity contribution in [2.24, 2.45) is 0 Å². The highest BCUT2D eigenvalue weighted by Crippen LogP contribution is 2.14. The fourth-order valence-electron chi connectivity index (χ4n) is 2.16. The van der Waals surface area contributed by atoms with Gasteiger partial charge in [-0.15, -0.1) is 0 Å². The van der Waals surface area contributed by atoms with Crippen LogP contribution in [0.5, 0.6) is 0 Å². The third-order valence-electron chi connectivity index (χ3n) is 3.55. The fourth-order valence-corrected chi connectivity index (χ4v) is 3.12. The predicted octanol–water partition coefficient (Wildman–Crippen LogP) is 2.98. The second-order valence-electron chi connectivity index (χ2n) is 5.68. The first-order valence-electron chi connectivity index (χ1n) is 7.82. The van der Waals surface area contributed by atoms with Crippen LogP contribution in [0.15, 0.2) is 65.8 Å². The van der Waals surface area contributed by atoms with E-state index in [-0.39, 0.29) is 22.1 Å². The Hall–Kier alpha value is -3.33. The lowest BCUT2D eigenvalue weighted by Crippen LogP contribution is -2.17. The van der Waals surface area contributed by atoms with Gasteiger partial charge in [0.1, 0.15) is 5.82 Å². The predicted molar refractivity (Wildman–Crippen MR) is 98.4 cm³/mol. The minimum Gasteiger partial charge on any atom is -0.322 e. The molecule has 0 aliphatic heterocycles. The van der Waals surface area contributed by atoms with Gasteiger partial charge in [0.15, 0.2) is 0 Å². The Balaban J connectivity index is 1.71. The number of sulfonamides is 1. The van der Waals surface area contributed by atoms with Crippen LogP contribution in [0.2, 0.25) is 0 Å². The largest absolute Gasteiger partial charge is 0.322 e. The van der Waals surface area contributed by atoms with E-state index in [1.807, 2.05) is 6.92 Å². The van der Waals surface area contributed by atoms with E-state index in [2.05, 4.69) is 20.0 Å². The molecule has 1 aromatic heterocycles. The number of benzene rings is 2. The molecule has 0 atom stereocenters. The standard InChI is InChI=1S/C18H15FN4O3S/c1-12-5-7-16(8-6-12)27(25,26)23-18-20-10-13(11-21-18)17(24)22-15-4-2-3-14(19)9-15/h2-11H,1H3,(H,22,24)(H,20,21,23). The Bertz CT molecular complexity index is 1070. The topological polar surface area (TPSA) is 101 Å². The normalized spacial score (nSPS) is 11.0. The van der Waals surface area contributed by atoms with Gasteiger partial charge in [0.2, 0.25) is 5.95 Å². The van der Waals surface area contributed by atoms with Gasteiger partial charge in [-0.25, -0.2) is 27.5 Å². The summed E-state index contributed by atoms with van der Waals surface area (Å²) < 4.78 is 40.0. The molecule has 3 aromatic rings. The molecule has 138 valence electrons. The van der Waals surface area contributed by atoms with Crippen LogP contribution >= 0.6 is 0 Å². The summed E-state index contributed by atoms with van der Waals surface area (Å²) in [7, 11) is -3.83. The lowest BCUT2D eigenvalue weighted by Gasteiger charge is -2.08. The van der Waals surface area contributed by atoms with Crippen LogP contribution in [0.3, 0.4) is 0 Å². The second kappa shape index (κ2) is 7.50. The summed E-state index contributed by atoms with van der Waals surface area (Å²) in [6.07, 6.45) is 2.35. The van der Waals surface area contributed by atoms with Crippen molar-refractivity contribution >= 4 is 27.6 Å². The summed E-state index contributed by atoms with van der Waals surface area (Å²) in [6.45, 7) is 1.85. The Morgan fingerprint density at radius 1 is 1.04 bits per heavy atom. The number of amides is 1. The number of aromatic nitrogens is 2. The van der Waals surface area contributed by atoms with Gasteiger partial charge in [0, 0.05) is 18.1 Å². The molecule has 0 bridgehead atoms. The minimum atomic E-state index is -3.83. The van der Waals surface area contributed by atoms with Crippen LogP contribution < -0.4 is 10.0 Å². The first-order valence-corrected chi connectivity index (χ1v) is 9.30. The molecule has 9 heteroatoms. The highest BCUT2D eigenvalue weighted by atomic mass is 32.2. The molecule has 3 rings (SSSR count). The molecular formula is C18H15FN4O3S. The van der Waals surface area contributed by atoms with Crippen LogP contribution in [-0.4, -0.2) is 24.3 Å². The van der Waals surface area contributed by atoms with Gasteiger partial charge >= 0.3 is 0 Å². The Labute approximate surface area is 155 Å². The minimum absolute atomic E-state index is 0.0737. The lowest BCUT2D eigenvalue weighted by molar-refractivity contribution is 0.102. The molecule has 0 radical (unpaired) electrons. The average Bonchev–Trinajstić information content (AvgIpc) is 2.62. The third kappa shape index (κ3) is 4.64. The molecule has 2 N–H and O–H groups in total. The van der Waals surface area contributed by atoms with Crippen LogP contribution in [0.4, 0.5) is 16.0 Å². The van der Waals surface area contributed by atoms with E-state index in [1.165, 1.54) is 48.8 Å². The molecule has 0 saturated carbocycles. The number of rotatable bonds is 5. The van der Waals surface area contributed by atoms with Gasteiger partial charge in [-0.05, 0) is 37.3 Å². The highest BCUT2D eigenvalue weighted by molar-refractivity contribution is 7.92. The quantitative estimate of drug-likeness (QED) is 0.702. The van der Waals surface area contributed by atoms with Crippen molar-refractivity contribution < 1.29 is 17.6 Å². The van der Waals surface area contributed by atoms with E-state index in [9.17, 15) is 17.6 Å². The maximum Gasteiger partial charge on any atom is 0.264 e. The van der Waals surface area contributed by atoms with Crippen molar-refractivity contribution in [3.63, 3.8) is 0 Å². The van der Waals surface area contributed by atoms with Crippen molar-refractivity contribution in [1.82, 2.24) is 9.97 Å². The van der Waals surface area contributed by atoms with Crippen molar-refractivity contribution in [3.8, 4) is 0 Å². The summed E-state index contributed by atoms with van der Waals surface area (Å²) in [5.74, 6) is -1.20. The number of carbonyl (C=O) groups is 1. The monoisotopic (exact) mass is 386 g/mol. The van der Waals surface area contributed by atoms with Crippen molar-refractivity contribution in [2.45, 2.75) is 11.8 Å². The number of hydrogen-bond acceptors (Lipinski definition) is 5. The van der Waals surface area contributed by atoms with Gasteiger partial charge < -0.3 is 5.32 Å². The average molecular weight is 386 g/mol. The third-order valence-corrected chi connectivity index (χ3v) is 4.90. The van der Waals surface area contributed by atoms with Gasteiger partial charge in [0.05, 0.1) is 10.5 Å². The summed E-state index contributed by atoms with van der Waals surface area (Å²) in [4.78, 5) is 19.9. The molecule has 27 heavy (non-hydrogen) atoms. The number of halogens is 1. The molecule has 0 spiro atoms. The second-order valence-corrected chi connectivity index (χ2v) is 7.36. The van der Waals surface area contributed by atoms with Crippen LogP contribution in [-0.2, 0) is 10.0 Å². The van der Waals surface area contributed by atoms with E-state index in [0.717, 1.165) is 5.56 Å². The zero-order chi connectivity index (χ0) is 19.4. The molecule has 0 aliphatic rings. The van der Waals surface area contributed by atoms with Crippen molar-refractivity contribution in [3.05, 3.63) is 77.9 Å². The summed E-state index contributed by atoms with van der Waals surface area (Å²) in [5.41, 5.74) is 1.31.